The van der Waals surface area contributed by atoms with E-state index in [9.17, 15) is 0 Å². The summed E-state index contributed by atoms with van der Waals surface area (Å²) < 4.78 is 0. The Balaban J connectivity index is 0.000000188. The normalized spacial score (nSPS) is 32.0. The molecule has 0 nitrogen and oxygen atoms in total. The van der Waals surface area contributed by atoms with Crippen LogP contribution in [0.2, 0.25) is 0 Å². The summed E-state index contributed by atoms with van der Waals surface area (Å²) in [6.07, 6.45) is 12.2. The number of aryl methyl sites for hydroxylation is 2. The molecule has 3 rings (SSSR count). The first-order valence-electron chi connectivity index (χ1n) is 9.58. The summed E-state index contributed by atoms with van der Waals surface area (Å²) in [4.78, 5) is 0. The van der Waals surface area contributed by atoms with Gasteiger partial charge in [0, 0.05) is 0 Å². The zero-order valence-corrected chi connectivity index (χ0v) is 15.3. The van der Waals surface area contributed by atoms with E-state index in [0.29, 0.717) is 0 Å². The van der Waals surface area contributed by atoms with Gasteiger partial charge in [-0.25, -0.2) is 0 Å². The molecule has 0 N–H and O–H groups in total. The number of rotatable bonds is 1. The second kappa shape index (κ2) is 8.75. The molecule has 0 amide bonds. The highest BCUT2D eigenvalue weighted by Crippen LogP contribution is 2.40. The largest absolute Gasteiger partial charge is 0.0625 e. The monoisotopic (exact) mass is 300 g/mol. The zero-order chi connectivity index (χ0) is 15.9. The van der Waals surface area contributed by atoms with Crippen molar-refractivity contribution >= 4 is 0 Å². The van der Waals surface area contributed by atoms with E-state index in [1.165, 1.54) is 36.8 Å². The molecule has 0 saturated heterocycles. The molecule has 0 aliphatic heterocycles. The van der Waals surface area contributed by atoms with Crippen molar-refractivity contribution in [3.8, 4) is 0 Å². The van der Waals surface area contributed by atoms with Crippen molar-refractivity contribution in [1.82, 2.24) is 0 Å². The van der Waals surface area contributed by atoms with Crippen molar-refractivity contribution < 1.29 is 0 Å². The highest BCUT2D eigenvalue weighted by Gasteiger charge is 2.28. The molecule has 2 fully saturated rings. The Bertz CT molecular complexity index is 359. The standard InChI is InChI=1S/C14H26.C8H10/c1-11-3-7-13(8-4-11)14-9-5-12(2)6-10-14;1-7-3-5-8(2)6-4-7/h11-14H,3-10H2,1-2H3;3-6H,1-2H3. The van der Waals surface area contributed by atoms with E-state index in [0.717, 1.165) is 23.7 Å². The molecular formula is C22H36. The molecule has 0 aromatic heterocycles. The molecule has 2 aliphatic carbocycles. The van der Waals surface area contributed by atoms with Gasteiger partial charge in [-0.1, -0.05) is 74.9 Å². The van der Waals surface area contributed by atoms with Gasteiger partial charge in [-0.05, 0) is 63.2 Å². The van der Waals surface area contributed by atoms with E-state index in [2.05, 4.69) is 52.0 Å². The quantitative estimate of drug-likeness (QED) is 0.527. The first-order chi connectivity index (χ1) is 10.5. The van der Waals surface area contributed by atoms with Crippen molar-refractivity contribution in [2.24, 2.45) is 23.7 Å². The van der Waals surface area contributed by atoms with Crippen LogP contribution in [0.25, 0.3) is 0 Å². The van der Waals surface area contributed by atoms with Crippen LogP contribution in [-0.2, 0) is 0 Å². The van der Waals surface area contributed by atoms with Crippen LogP contribution in [0.5, 0.6) is 0 Å². The van der Waals surface area contributed by atoms with Crippen molar-refractivity contribution in [3.05, 3.63) is 35.4 Å². The van der Waals surface area contributed by atoms with Crippen LogP contribution < -0.4 is 0 Å². The summed E-state index contributed by atoms with van der Waals surface area (Å²) in [7, 11) is 0. The van der Waals surface area contributed by atoms with Crippen LogP contribution >= 0.6 is 0 Å². The van der Waals surface area contributed by atoms with E-state index >= 15 is 0 Å². The first kappa shape index (κ1) is 17.6. The maximum absolute atomic E-state index is 2.43. The molecule has 2 aliphatic rings. The first-order valence-corrected chi connectivity index (χ1v) is 9.58. The molecule has 0 heterocycles. The van der Waals surface area contributed by atoms with E-state index in [1.807, 2.05) is 0 Å². The van der Waals surface area contributed by atoms with Gasteiger partial charge in [0.05, 0.1) is 0 Å². The van der Waals surface area contributed by atoms with Gasteiger partial charge in [0.15, 0.2) is 0 Å². The third kappa shape index (κ3) is 5.78. The molecule has 0 unspecified atom stereocenters. The van der Waals surface area contributed by atoms with Crippen LogP contribution in [0.1, 0.15) is 76.3 Å². The fraction of sp³-hybridized carbons (Fsp3) is 0.727. The third-order valence-corrected chi connectivity index (χ3v) is 6.01. The molecule has 1 aromatic rings. The zero-order valence-electron chi connectivity index (χ0n) is 15.3. The van der Waals surface area contributed by atoms with Crippen molar-refractivity contribution in [2.45, 2.75) is 79.1 Å². The van der Waals surface area contributed by atoms with E-state index in [-0.39, 0.29) is 0 Å². The summed E-state index contributed by atoms with van der Waals surface area (Å²) in [6.45, 7) is 9.05. The number of hydrogen-bond donors (Lipinski definition) is 0. The fourth-order valence-electron chi connectivity index (χ4n) is 4.15. The lowest BCUT2D eigenvalue weighted by Gasteiger charge is -2.36. The minimum atomic E-state index is 1.02. The molecule has 0 radical (unpaired) electrons. The predicted molar refractivity (Wildman–Crippen MR) is 98.2 cm³/mol. The molecule has 1 aromatic carbocycles. The number of benzene rings is 1. The average molecular weight is 301 g/mol. The molecule has 124 valence electrons. The molecule has 0 atom stereocenters. The molecular weight excluding hydrogens is 264 g/mol. The van der Waals surface area contributed by atoms with Gasteiger partial charge in [-0.15, -0.1) is 0 Å². The Kier molecular flexibility index (Phi) is 6.99. The fourth-order valence-corrected chi connectivity index (χ4v) is 4.15. The van der Waals surface area contributed by atoms with E-state index < -0.39 is 0 Å². The van der Waals surface area contributed by atoms with Crippen LogP contribution in [0.15, 0.2) is 24.3 Å². The minimum Gasteiger partial charge on any atom is -0.0625 e. The summed E-state index contributed by atoms with van der Waals surface area (Å²) in [5.74, 6) is 4.26. The Morgan fingerprint density at radius 2 is 0.818 bits per heavy atom. The van der Waals surface area contributed by atoms with Crippen molar-refractivity contribution in [1.29, 1.82) is 0 Å². The van der Waals surface area contributed by atoms with Gasteiger partial charge in [0.1, 0.15) is 0 Å². The van der Waals surface area contributed by atoms with Crippen LogP contribution in [-0.4, -0.2) is 0 Å². The summed E-state index contributed by atoms with van der Waals surface area (Å²) in [6, 6.07) is 8.48. The van der Waals surface area contributed by atoms with Gasteiger partial charge >= 0.3 is 0 Å². The minimum absolute atomic E-state index is 1.02. The van der Waals surface area contributed by atoms with Crippen LogP contribution in [0.4, 0.5) is 0 Å². The SMILES string of the molecule is CC1CCC(C2CCC(C)CC2)CC1.Cc1ccc(C)cc1. The van der Waals surface area contributed by atoms with Crippen LogP contribution in [0, 0.1) is 37.5 Å². The Morgan fingerprint density at radius 3 is 1.09 bits per heavy atom. The lowest BCUT2D eigenvalue weighted by molar-refractivity contribution is 0.155. The second-order valence-electron chi connectivity index (χ2n) is 8.19. The van der Waals surface area contributed by atoms with E-state index in [1.54, 1.807) is 25.7 Å². The maximum Gasteiger partial charge on any atom is -0.0386 e. The third-order valence-electron chi connectivity index (χ3n) is 6.01. The van der Waals surface area contributed by atoms with Gasteiger partial charge in [0.25, 0.3) is 0 Å². The van der Waals surface area contributed by atoms with Crippen molar-refractivity contribution in [3.63, 3.8) is 0 Å². The molecule has 0 bridgehead atoms. The molecule has 22 heavy (non-hydrogen) atoms. The summed E-state index contributed by atoms with van der Waals surface area (Å²) >= 11 is 0. The lowest BCUT2D eigenvalue weighted by atomic mass is 9.70. The molecule has 0 spiro atoms. The molecule has 0 heteroatoms. The Hall–Kier alpha value is -0.780. The highest BCUT2D eigenvalue weighted by atomic mass is 14.3. The number of hydrogen-bond acceptors (Lipinski definition) is 0. The average Bonchev–Trinajstić information content (AvgIpc) is 2.53. The molecule has 2 saturated carbocycles. The smallest absolute Gasteiger partial charge is 0.0386 e. The second-order valence-corrected chi connectivity index (χ2v) is 8.19. The topological polar surface area (TPSA) is 0 Å². The van der Waals surface area contributed by atoms with Gasteiger partial charge < -0.3 is 0 Å². The van der Waals surface area contributed by atoms with Gasteiger partial charge in [-0.2, -0.15) is 0 Å². The Labute approximate surface area is 138 Å². The summed E-state index contributed by atoms with van der Waals surface area (Å²) in [5, 5.41) is 0. The van der Waals surface area contributed by atoms with E-state index in [4.69, 9.17) is 0 Å². The maximum atomic E-state index is 2.43. The van der Waals surface area contributed by atoms with Gasteiger partial charge in [-0.3, -0.25) is 0 Å². The van der Waals surface area contributed by atoms with Crippen molar-refractivity contribution in [2.75, 3.05) is 0 Å². The lowest BCUT2D eigenvalue weighted by Crippen LogP contribution is -2.24. The Morgan fingerprint density at radius 1 is 0.545 bits per heavy atom. The summed E-state index contributed by atoms with van der Waals surface area (Å²) in [5.41, 5.74) is 2.66. The van der Waals surface area contributed by atoms with Crippen LogP contribution in [0.3, 0.4) is 0 Å². The van der Waals surface area contributed by atoms with Gasteiger partial charge in [0.2, 0.25) is 0 Å². The predicted octanol–water partition coefficient (Wildman–Crippen LogP) is 6.94. The highest BCUT2D eigenvalue weighted by molar-refractivity contribution is 5.19.